The molecule has 0 aliphatic carbocycles. The van der Waals surface area contributed by atoms with Crippen molar-refractivity contribution in [3.8, 4) is 11.5 Å². The smallest absolute Gasteiger partial charge is 0.187 e. The first-order valence-corrected chi connectivity index (χ1v) is 3.03. The van der Waals surface area contributed by atoms with Crippen molar-refractivity contribution in [3.63, 3.8) is 0 Å². The van der Waals surface area contributed by atoms with Crippen molar-refractivity contribution in [1.82, 2.24) is 0 Å². The first kappa shape index (κ1) is 8.19. The van der Waals surface area contributed by atoms with Gasteiger partial charge in [-0.05, 0) is 17.3 Å². The van der Waals surface area contributed by atoms with Crippen LogP contribution in [0.2, 0.25) is 0 Å². The van der Waals surface area contributed by atoms with Gasteiger partial charge >= 0.3 is 0 Å². The maximum Gasteiger partial charge on any atom is 0.187 e. The number of phenols is 2. The first-order valence-electron chi connectivity index (χ1n) is 3.03. The largest absolute Gasteiger partial charge is 0.504 e. The number of hydrogen-bond donors (Lipinski definition) is 2. The maximum absolute atomic E-state index is 10.2. The molecule has 12 heavy (non-hydrogen) atoms. The normalized spacial score (nSPS) is 9.33. The van der Waals surface area contributed by atoms with Crippen LogP contribution in [0.4, 0.5) is 5.69 Å². The summed E-state index contributed by atoms with van der Waals surface area (Å²) in [4.78, 5) is 20.2. The monoisotopic (exact) mass is 167 g/mol. The fourth-order valence-corrected chi connectivity index (χ4v) is 0.763. The van der Waals surface area contributed by atoms with Crippen LogP contribution < -0.4 is 0 Å². The Morgan fingerprint density at radius 3 is 2.50 bits per heavy atom. The van der Waals surface area contributed by atoms with Gasteiger partial charge in [-0.3, -0.25) is 4.79 Å². The lowest BCUT2D eigenvalue weighted by Crippen LogP contribution is -1.79. The number of benzene rings is 1. The van der Waals surface area contributed by atoms with E-state index in [1.807, 2.05) is 0 Å². The predicted molar refractivity (Wildman–Crippen MR) is 40.6 cm³/mol. The lowest BCUT2D eigenvalue weighted by Gasteiger charge is -1.99. The predicted octanol–water partition coefficient (Wildman–Crippen LogP) is 1.31. The van der Waals surface area contributed by atoms with E-state index in [0.29, 0.717) is 6.29 Å². The zero-order valence-electron chi connectivity index (χ0n) is 5.89. The Balaban J connectivity index is 3.37. The number of phenolic OH excluding ortho intramolecular Hbond substituents is 2. The fraction of sp³-hybridized carbons (Fsp3) is 0. The van der Waals surface area contributed by atoms with Gasteiger partial charge in [0.1, 0.15) is 6.29 Å². The van der Waals surface area contributed by atoms with Crippen LogP contribution >= 0.6 is 0 Å². The topological polar surface area (TPSA) is 87.0 Å². The van der Waals surface area contributed by atoms with Gasteiger partial charge in [0.2, 0.25) is 0 Å². The van der Waals surface area contributed by atoms with E-state index in [4.69, 9.17) is 10.2 Å². The van der Waals surface area contributed by atoms with E-state index >= 15 is 0 Å². The molecule has 62 valence electrons. The van der Waals surface area contributed by atoms with Crippen molar-refractivity contribution >= 4 is 12.0 Å². The molecule has 1 aromatic carbocycles. The molecule has 0 atom stereocenters. The molecule has 5 nitrogen and oxygen atoms in total. The molecular formula is C7H5NO4. The second kappa shape index (κ2) is 3.00. The molecule has 0 fully saturated rings. The number of nitroso groups, excluding NO2 is 1. The fourth-order valence-electron chi connectivity index (χ4n) is 0.763. The van der Waals surface area contributed by atoms with Crippen LogP contribution in [0, 0.1) is 4.91 Å². The molecule has 0 amide bonds. The number of nitrogens with zero attached hydrogens (tertiary/aromatic N) is 1. The zero-order valence-corrected chi connectivity index (χ0v) is 5.89. The number of hydrogen-bond acceptors (Lipinski definition) is 5. The van der Waals surface area contributed by atoms with E-state index in [1.165, 1.54) is 0 Å². The average Bonchev–Trinajstić information content (AvgIpc) is 2.09. The summed E-state index contributed by atoms with van der Waals surface area (Å²) in [6.45, 7) is 0. The molecule has 0 saturated heterocycles. The third-order valence-corrected chi connectivity index (χ3v) is 1.33. The second-order valence-electron chi connectivity index (χ2n) is 2.12. The standard InChI is InChI=1S/C7H5NO4/c9-3-4-1-5(8-12)7(11)6(10)2-4/h1-3,10-11H. The highest BCUT2D eigenvalue weighted by Gasteiger charge is 2.08. The highest BCUT2D eigenvalue weighted by atomic mass is 16.3. The van der Waals surface area contributed by atoms with E-state index in [9.17, 15) is 9.70 Å². The molecule has 0 saturated carbocycles. The molecule has 0 spiro atoms. The van der Waals surface area contributed by atoms with Crippen LogP contribution in [-0.2, 0) is 0 Å². The summed E-state index contributed by atoms with van der Waals surface area (Å²) < 4.78 is 0. The van der Waals surface area contributed by atoms with Crippen molar-refractivity contribution < 1.29 is 15.0 Å². The second-order valence-corrected chi connectivity index (χ2v) is 2.12. The van der Waals surface area contributed by atoms with Crippen LogP contribution in [0.25, 0.3) is 0 Å². The lowest BCUT2D eigenvalue weighted by atomic mass is 10.2. The third kappa shape index (κ3) is 1.24. The molecule has 0 radical (unpaired) electrons. The Morgan fingerprint density at radius 1 is 1.33 bits per heavy atom. The maximum atomic E-state index is 10.2. The summed E-state index contributed by atoms with van der Waals surface area (Å²) in [5, 5.41) is 20.3. The Kier molecular flexibility index (Phi) is 2.05. The van der Waals surface area contributed by atoms with Gasteiger partial charge < -0.3 is 10.2 Å². The molecule has 1 aromatic rings. The molecule has 0 unspecified atom stereocenters. The van der Waals surface area contributed by atoms with Crippen LogP contribution in [-0.4, -0.2) is 16.5 Å². The number of carbonyl (C=O) groups excluding carboxylic acids is 1. The Labute approximate surface area is 67.2 Å². The van der Waals surface area contributed by atoms with Crippen LogP contribution in [0.1, 0.15) is 10.4 Å². The highest BCUT2D eigenvalue weighted by molar-refractivity contribution is 5.79. The highest BCUT2D eigenvalue weighted by Crippen LogP contribution is 2.35. The van der Waals surface area contributed by atoms with Gasteiger partial charge in [0.05, 0.1) is 0 Å². The van der Waals surface area contributed by atoms with Crippen molar-refractivity contribution in [3.05, 3.63) is 22.6 Å². The quantitative estimate of drug-likeness (QED) is 0.395. The molecule has 1 rings (SSSR count). The Bertz CT molecular complexity index is 334. The summed E-state index contributed by atoms with van der Waals surface area (Å²) in [6, 6.07) is 2.12. The average molecular weight is 167 g/mol. The van der Waals surface area contributed by atoms with E-state index in [2.05, 4.69) is 5.18 Å². The van der Waals surface area contributed by atoms with Crippen LogP contribution in [0.3, 0.4) is 0 Å². The van der Waals surface area contributed by atoms with Gasteiger partial charge in [-0.2, -0.15) is 0 Å². The van der Waals surface area contributed by atoms with Crippen molar-refractivity contribution in [2.75, 3.05) is 0 Å². The van der Waals surface area contributed by atoms with Gasteiger partial charge in [-0.1, -0.05) is 0 Å². The molecule has 0 aliphatic rings. The van der Waals surface area contributed by atoms with Gasteiger partial charge in [0.25, 0.3) is 0 Å². The molecule has 0 aromatic heterocycles. The Hall–Kier alpha value is -1.91. The SMILES string of the molecule is O=Cc1cc(O)c(O)c(N=O)c1. The molecule has 2 N–H and O–H groups in total. The first-order chi connectivity index (χ1) is 5.69. The van der Waals surface area contributed by atoms with E-state index in [1.54, 1.807) is 0 Å². The Morgan fingerprint density at radius 2 is 2.00 bits per heavy atom. The van der Waals surface area contributed by atoms with E-state index in [0.717, 1.165) is 12.1 Å². The van der Waals surface area contributed by atoms with E-state index < -0.39 is 11.5 Å². The summed E-state index contributed by atoms with van der Waals surface area (Å²) >= 11 is 0. The lowest BCUT2D eigenvalue weighted by molar-refractivity contribution is 0.112. The minimum absolute atomic E-state index is 0.0832. The molecule has 5 heteroatoms. The number of aromatic hydroxyl groups is 2. The molecule has 0 heterocycles. The van der Waals surface area contributed by atoms with Crippen molar-refractivity contribution in [1.29, 1.82) is 0 Å². The summed E-state index contributed by atoms with van der Waals surface area (Å²) in [6.07, 6.45) is 0.438. The third-order valence-electron chi connectivity index (χ3n) is 1.33. The summed E-state index contributed by atoms with van der Waals surface area (Å²) in [5.74, 6) is -1.15. The number of carbonyl (C=O) groups is 1. The van der Waals surface area contributed by atoms with Crippen molar-refractivity contribution in [2.24, 2.45) is 5.18 Å². The minimum Gasteiger partial charge on any atom is -0.504 e. The molecule has 0 aliphatic heterocycles. The molecule has 0 bridgehead atoms. The van der Waals surface area contributed by atoms with E-state index in [-0.39, 0.29) is 11.3 Å². The van der Waals surface area contributed by atoms with Gasteiger partial charge in [-0.25, -0.2) is 0 Å². The van der Waals surface area contributed by atoms with Gasteiger partial charge in [0, 0.05) is 5.56 Å². The van der Waals surface area contributed by atoms with Gasteiger partial charge in [-0.15, -0.1) is 4.91 Å². The molecular weight excluding hydrogens is 162 g/mol. The minimum atomic E-state index is -0.615. The van der Waals surface area contributed by atoms with Crippen LogP contribution in [0.15, 0.2) is 17.3 Å². The van der Waals surface area contributed by atoms with Gasteiger partial charge in [0.15, 0.2) is 17.2 Å². The zero-order chi connectivity index (χ0) is 9.14. The number of aldehydes is 1. The summed E-state index contributed by atoms with van der Waals surface area (Å²) in [7, 11) is 0. The number of rotatable bonds is 2. The summed E-state index contributed by atoms with van der Waals surface area (Å²) in [5.41, 5.74) is -0.267. The van der Waals surface area contributed by atoms with Crippen LogP contribution in [0.5, 0.6) is 11.5 Å². The van der Waals surface area contributed by atoms with Crippen molar-refractivity contribution in [2.45, 2.75) is 0 Å².